The third-order valence-corrected chi connectivity index (χ3v) is 2.14. The van der Waals surface area contributed by atoms with Gasteiger partial charge in [-0.25, -0.2) is 5.84 Å². The lowest BCUT2D eigenvalue weighted by molar-refractivity contribution is -0.130. The summed E-state index contributed by atoms with van der Waals surface area (Å²) in [5.74, 6) is 5.12. The molecule has 7 nitrogen and oxygen atoms in total. The average molecular weight is 242 g/mol. The summed E-state index contributed by atoms with van der Waals surface area (Å²) < 4.78 is 12.1. The predicted octanol–water partition coefficient (Wildman–Crippen LogP) is -0.152. The summed E-state index contributed by atoms with van der Waals surface area (Å²) in [5.41, 5.74) is 2.03. The van der Waals surface area contributed by atoms with Crippen molar-refractivity contribution >= 4 is 5.91 Å². The van der Waals surface area contributed by atoms with Crippen LogP contribution in [0.5, 0.6) is 5.75 Å². The SMILES string of the molecule is COCC(Oc1cnn(C(C)C)c1)C(=O)NN. The molecule has 1 rings (SSSR count). The molecule has 7 heteroatoms. The highest BCUT2D eigenvalue weighted by molar-refractivity contribution is 5.80. The first kappa shape index (κ1) is 13.5. The summed E-state index contributed by atoms with van der Waals surface area (Å²) >= 11 is 0. The van der Waals surface area contributed by atoms with Crippen LogP contribution in [-0.2, 0) is 9.53 Å². The molecule has 0 aliphatic rings. The highest BCUT2D eigenvalue weighted by Crippen LogP contribution is 2.14. The Morgan fingerprint density at radius 2 is 2.35 bits per heavy atom. The van der Waals surface area contributed by atoms with E-state index in [-0.39, 0.29) is 12.6 Å². The molecule has 0 radical (unpaired) electrons. The van der Waals surface area contributed by atoms with Gasteiger partial charge in [-0.15, -0.1) is 0 Å². The maximum Gasteiger partial charge on any atom is 0.277 e. The number of hydrogen-bond donors (Lipinski definition) is 2. The normalized spacial score (nSPS) is 12.5. The maximum atomic E-state index is 11.4. The van der Waals surface area contributed by atoms with E-state index in [0.717, 1.165) is 0 Å². The van der Waals surface area contributed by atoms with E-state index in [9.17, 15) is 4.79 Å². The molecule has 17 heavy (non-hydrogen) atoms. The lowest BCUT2D eigenvalue weighted by atomic mass is 10.3. The number of amides is 1. The summed E-state index contributed by atoms with van der Waals surface area (Å²) in [7, 11) is 1.48. The molecule has 1 amide bonds. The largest absolute Gasteiger partial charge is 0.475 e. The third-order valence-electron chi connectivity index (χ3n) is 2.14. The molecule has 1 heterocycles. The van der Waals surface area contributed by atoms with Crippen molar-refractivity contribution in [2.75, 3.05) is 13.7 Å². The van der Waals surface area contributed by atoms with Crippen molar-refractivity contribution in [2.24, 2.45) is 5.84 Å². The van der Waals surface area contributed by atoms with Crippen LogP contribution < -0.4 is 16.0 Å². The Hall–Kier alpha value is -1.60. The Bertz CT molecular complexity index is 364. The maximum absolute atomic E-state index is 11.4. The molecule has 96 valence electrons. The molecule has 0 aliphatic heterocycles. The van der Waals surface area contributed by atoms with Crippen LogP contribution in [0.4, 0.5) is 0 Å². The van der Waals surface area contributed by atoms with E-state index in [2.05, 4.69) is 5.10 Å². The topological polar surface area (TPSA) is 91.4 Å². The minimum absolute atomic E-state index is 0.121. The lowest BCUT2D eigenvalue weighted by Crippen LogP contribution is -2.44. The van der Waals surface area contributed by atoms with Gasteiger partial charge in [0.2, 0.25) is 6.10 Å². The number of aromatic nitrogens is 2. The monoisotopic (exact) mass is 242 g/mol. The molecular weight excluding hydrogens is 224 g/mol. The molecule has 1 aromatic rings. The fourth-order valence-corrected chi connectivity index (χ4v) is 1.24. The number of carbonyl (C=O) groups is 1. The molecule has 0 spiro atoms. The number of nitrogens with one attached hydrogen (secondary N) is 1. The van der Waals surface area contributed by atoms with Crippen molar-refractivity contribution in [3.8, 4) is 5.75 Å². The highest BCUT2D eigenvalue weighted by atomic mass is 16.5. The van der Waals surface area contributed by atoms with Gasteiger partial charge in [0.05, 0.1) is 19.0 Å². The predicted molar refractivity (Wildman–Crippen MR) is 61.2 cm³/mol. The molecule has 1 atom stereocenters. The number of ether oxygens (including phenoxy) is 2. The Labute approximate surface area is 99.8 Å². The van der Waals surface area contributed by atoms with Gasteiger partial charge in [0, 0.05) is 13.2 Å². The van der Waals surface area contributed by atoms with E-state index in [1.807, 2.05) is 19.3 Å². The van der Waals surface area contributed by atoms with E-state index < -0.39 is 12.0 Å². The summed E-state index contributed by atoms with van der Waals surface area (Å²) in [5, 5.41) is 4.10. The molecule has 3 N–H and O–H groups in total. The van der Waals surface area contributed by atoms with Crippen LogP contribution in [0, 0.1) is 0 Å². The Morgan fingerprint density at radius 1 is 1.65 bits per heavy atom. The van der Waals surface area contributed by atoms with Gasteiger partial charge in [0.15, 0.2) is 5.75 Å². The van der Waals surface area contributed by atoms with Crippen LogP contribution in [-0.4, -0.2) is 35.5 Å². The Balaban J connectivity index is 2.68. The second kappa shape index (κ2) is 6.21. The smallest absolute Gasteiger partial charge is 0.277 e. The van der Waals surface area contributed by atoms with Crippen molar-refractivity contribution in [3.05, 3.63) is 12.4 Å². The first-order valence-corrected chi connectivity index (χ1v) is 5.28. The number of methoxy groups -OCH3 is 1. The van der Waals surface area contributed by atoms with Crippen LogP contribution in [0.15, 0.2) is 12.4 Å². The number of nitrogens with zero attached hydrogens (tertiary/aromatic N) is 2. The van der Waals surface area contributed by atoms with Crippen molar-refractivity contribution in [1.82, 2.24) is 15.2 Å². The quantitative estimate of drug-likeness (QED) is 0.411. The number of hydrogen-bond acceptors (Lipinski definition) is 5. The molecule has 0 bridgehead atoms. The molecule has 1 unspecified atom stereocenters. The first-order valence-electron chi connectivity index (χ1n) is 5.28. The molecular formula is C10H18N4O3. The molecule has 1 aromatic heterocycles. The molecule has 0 aliphatic carbocycles. The minimum atomic E-state index is -0.783. The van der Waals surface area contributed by atoms with Crippen LogP contribution in [0.25, 0.3) is 0 Å². The second-order valence-electron chi connectivity index (χ2n) is 3.82. The summed E-state index contributed by atoms with van der Waals surface area (Å²) in [6, 6.07) is 0.233. The van der Waals surface area contributed by atoms with Crippen LogP contribution in [0.3, 0.4) is 0 Å². The fourth-order valence-electron chi connectivity index (χ4n) is 1.24. The van der Waals surface area contributed by atoms with Gasteiger partial charge in [0.1, 0.15) is 0 Å². The van der Waals surface area contributed by atoms with E-state index in [1.165, 1.54) is 7.11 Å². The van der Waals surface area contributed by atoms with E-state index in [0.29, 0.717) is 5.75 Å². The summed E-state index contributed by atoms with van der Waals surface area (Å²) in [4.78, 5) is 11.4. The van der Waals surface area contributed by atoms with E-state index in [4.69, 9.17) is 15.3 Å². The summed E-state index contributed by atoms with van der Waals surface area (Å²) in [6.07, 6.45) is 2.48. The van der Waals surface area contributed by atoms with Crippen molar-refractivity contribution in [1.29, 1.82) is 0 Å². The number of carbonyl (C=O) groups excluding carboxylic acids is 1. The van der Waals surface area contributed by atoms with Crippen molar-refractivity contribution in [3.63, 3.8) is 0 Å². The van der Waals surface area contributed by atoms with E-state index in [1.54, 1.807) is 17.1 Å². The second-order valence-corrected chi connectivity index (χ2v) is 3.82. The Morgan fingerprint density at radius 3 is 2.82 bits per heavy atom. The van der Waals surface area contributed by atoms with Crippen molar-refractivity contribution in [2.45, 2.75) is 26.0 Å². The van der Waals surface area contributed by atoms with Crippen LogP contribution in [0.1, 0.15) is 19.9 Å². The standard InChI is InChI=1S/C10H18N4O3/c1-7(2)14-5-8(4-12-14)17-9(6-16-3)10(15)13-11/h4-5,7,9H,6,11H2,1-3H3,(H,13,15). The van der Waals surface area contributed by atoms with Crippen LogP contribution in [0.2, 0.25) is 0 Å². The van der Waals surface area contributed by atoms with Gasteiger partial charge in [0.25, 0.3) is 5.91 Å². The average Bonchev–Trinajstić information content (AvgIpc) is 2.76. The number of nitrogens with two attached hydrogens (primary N) is 1. The fraction of sp³-hybridized carbons (Fsp3) is 0.600. The van der Waals surface area contributed by atoms with Gasteiger partial charge in [-0.05, 0) is 13.8 Å². The van der Waals surface area contributed by atoms with Crippen LogP contribution >= 0.6 is 0 Å². The minimum Gasteiger partial charge on any atom is -0.475 e. The Kier molecular flexibility index (Phi) is 4.92. The van der Waals surface area contributed by atoms with Gasteiger partial charge in [-0.2, -0.15) is 5.10 Å². The molecule has 0 saturated carbocycles. The zero-order valence-electron chi connectivity index (χ0n) is 10.2. The van der Waals surface area contributed by atoms with Gasteiger partial charge < -0.3 is 9.47 Å². The van der Waals surface area contributed by atoms with Gasteiger partial charge in [-0.3, -0.25) is 14.9 Å². The molecule has 0 saturated heterocycles. The number of hydrazine groups is 1. The highest BCUT2D eigenvalue weighted by Gasteiger charge is 2.20. The first-order chi connectivity index (χ1) is 8.08. The third kappa shape index (κ3) is 3.72. The zero-order chi connectivity index (χ0) is 12.8. The zero-order valence-corrected chi connectivity index (χ0v) is 10.2. The lowest BCUT2D eigenvalue weighted by Gasteiger charge is -2.15. The van der Waals surface area contributed by atoms with Crippen molar-refractivity contribution < 1.29 is 14.3 Å². The molecule has 0 aromatic carbocycles. The van der Waals surface area contributed by atoms with Gasteiger partial charge in [-0.1, -0.05) is 0 Å². The summed E-state index contributed by atoms with van der Waals surface area (Å²) in [6.45, 7) is 4.11. The van der Waals surface area contributed by atoms with Gasteiger partial charge >= 0.3 is 0 Å². The molecule has 0 fully saturated rings. The van der Waals surface area contributed by atoms with E-state index >= 15 is 0 Å². The number of rotatable bonds is 6.